The Morgan fingerprint density at radius 2 is 1.58 bits per heavy atom. The Hall–Kier alpha value is -0.880. The van der Waals surface area contributed by atoms with Crippen LogP contribution in [0.3, 0.4) is 0 Å². The second kappa shape index (κ2) is 3.24. The van der Waals surface area contributed by atoms with Gasteiger partial charge in [-0.2, -0.15) is 22.0 Å². The van der Waals surface area contributed by atoms with E-state index in [0.717, 1.165) is 0 Å². The van der Waals surface area contributed by atoms with Gasteiger partial charge < -0.3 is 4.74 Å². The zero-order valence-corrected chi connectivity index (χ0v) is 5.54. The number of hydrogen-bond donors (Lipinski definition) is 0. The van der Waals surface area contributed by atoms with E-state index in [4.69, 9.17) is 0 Å². The average molecular weight is 194 g/mol. The maximum absolute atomic E-state index is 11.9. The fourth-order valence-electron chi connectivity index (χ4n) is 0.361. The van der Waals surface area contributed by atoms with Crippen LogP contribution in [0, 0.1) is 0 Å². The lowest BCUT2D eigenvalue weighted by molar-refractivity contribution is -0.318. The minimum absolute atomic E-state index is 0.0400. The fourth-order valence-corrected chi connectivity index (χ4v) is 0.361. The first-order valence-corrected chi connectivity index (χ1v) is 2.59. The molecule has 0 amide bonds. The molecule has 1 nitrogen and oxygen atoms in total. The second-order valence-corrected chi connectivity index (χ2v) is 1.75. The molecule has 0 saturated heterocycles. The molecule has 0 aromatic rings. The maximum atomic E-state index is 11.9. The molecule has 0 aliphatic heterocycles. The zero-order chi connectivity index (χ0) is 9.99. The molecule has 12 heavy (non-hydrogen) atoms. The standard InChI is InChI=1S/C5H4F6O/c1-2-12-5(10,11)3(6)4(7,8)9/h2-3H,1H2. The van der Waals surface area contributed by atoms with E-state index in [0.29, 0.717) is 0 Å². The van der Waals surface area contributed by atoms with E-state index >= 15 is 0 Å². The van der Waals surface area contributed by atoms with E-state index in [1.807, 2.05) is 0 Å². The van der Waals surface area contributed by atoms with Gasteiger partial charge >= 0.3 is 12.3 Å². The lowest BCUT2D eigenvalue weighted by Gasteiger charge is -2.20. The van der Waals surface area contributed by atoms with Crippen LogP contribution >= 0.6 is 0 Å². The monoisotopic (exact) mass is 194 g/mol. The van der Waals surface area contributed by atoms with Crippen molar-refractivity contribution in [2.24, 2.45) is 0 Å². The topological polar surface area (TPSA) is 9.23 Å². The van der Waals surface area contributed by atoms with Crippen LogP contribution in [0.2, 0.25) is 0 Å². The van der Waals surface area contributed by atoms with Gasteiger partial charge in [0.05, 0.1) is 6.26 Å². The summed E-state index contributed by atoms with van der Waals surface area (Å²) < 4.78 is 72.6. The van der Waals surface area contributed by atoms with Gasteiger partial charge in [0, 0.05) is 0 Å². The molecule has 1 unspecified atom stereocenters. The Balaban J connectivity index is 4.44. The van der Waals surface area contributed by atoms with E-state index in [1.165, 1.54) is 0 Å². The Bertz CT molecular complexity index is 162. The lowest BCUT2D eigenvalue weighted by Crippen LogP contribution is -2.42. The average Bonchev–Trinajstić information content (AvgIpc) is 1.84. The van der Waals surface area contributed by atoms with E-state index in [2.05, 4.69) is 11.3 Å². The summed E-state index contributed by atoms with van der Waals surface area (Å²) in [4.78, 5) is 0. The summed E-state index contributed by atoms with van der Waals surface area (Å²) in [6.07, 6.45) is -14.9. The maximum Gasteiger partial charge on any atom is 0.438 e. The highest BCUT2D eigenvalue weighted by molar-refractivity contribution is 4.76. The van der Waals surface area contributed by atoms with Crippen molar-refractivity contribution >= 4 is 0 Å². The normalized spacial score (nSPS) is 15.5. The number of ether oxygens (including phenoxy) is 1. The summed E-state index contributed by atoms with van der Waals surface area (Å²) in [5.41, 5.74) is 0. The van der Waals surface area contributed by atoms with E-state index in [-0.39, 0.29) is 6.26 Å². The van der Waals surface area contributed by atoms with Crippen LogP contribution < -0.4 is 0 Å². The molecule has 0 fully saturated rings. The summed E-state index contributed by atoms with van der Waals surface area (Å²) in [5.74, 6) is 0. The number of rotatable bonds is 3. The third kappa shape index (κ3) is 2.63. The molecule has 0 radical (unpaired) electrons. The first-order chi connectivity index (χ1) is 5.22. The minimum atomic E-state index is -5.65. The molecule has 0 spiro atoms. The van der Waals surface area contributed by atoms with Gasteiger partial charge in [-0.15, -0.1) is 0 Å². The van der Waals surface area contributed by atoms with Gasteiger partial charge in [-0.3, -0.25) is 0 Å². The van der Waals surface area contributed by atoms with Gasteiger partial charge in [0.25, 0.3) is 6.17 Å². The third-order valence-electron chi connectivity index (χ3n) is 0.823. The van der Waals surface area contributed by atoms with E-state index < -0.39 is 18.5 Å². The summed E-state index contributed by atoms with van der Waals surface area (Å²) >= 11 is 0. The fraction of sp³-hybridized carbons (Fsp3) is 0.600. The Morgan fingerprint density at radius 1 is 1.17 bits per heavy atom. The van der Waals surface area contributed by atoms with Gasteiger partial charge in [-0.25, -0.2) is 4.39 Å². The molecule has 0 aliphatic rings. The highest BCUT2D eigenvalue weighted by Crippen LogP contribution is 2.35. The summed E-state index contributed by atoms with van der Waals surface area (Å²) in [6, 6.07) is 0. The quantitative estimate of drug-likeness (QED) is 0.495. The van der Waals surface area contributed by atoms with Crippen molar-refractivity contribution in [3.8, 4) is 0 Å². The SMILES string of the molecule is C=COC(F)(F)C(F)C(F)(F)F. The van der Waals surface area contributed by atoms with Crippen molar-refractivity contribution in [2.45, 2.75) is 18.5 Å². The van der Waals surface area contributed by atoms with Crippen LogP contribution in [0.5, 0.6) is 0 Å². The van der Waals surface area contributed by atoms with Crippen LogP contribution in [0.25, 0.3) is 0 Å². The zero-order valence-electron chi connectivity index (χ0n) is 5.54. The van der Waals surface area contributed by atoms with Crippen LogP contribution in [0.1, 0.15) is 0 Å². The van der Waals surface area contributed by atoms with Crippen LogP contribution in [0.15, 0.2) is 12.8 Å². The molecule has 0 aliphatic carbocycles. The highest BCUT2D eigenvalue weighted by atomic mass is 19.4. The van der Waals surface area contributed by atoms with Gasteiger partial charge in [0.15, 0.2) is 0 Å². The van der Waals surface area contributed by atoms with Crippen molar-refractivity contribution in [1.82, 2.24) is 0 Å². The first kappa shape index (κ1) is 11.1. The molecule has 0 aromatic carbocycles. The molecular formula is C5H4F6O. The minimum Gasteiger partial charge on any atom is -0.439 e. The number of hydrogen-bond acceptors (Lipinski definition) is 1. The van der Waals surface area contributed by atoms with Crippen molar-refractivity contribution in [3.63, 3.8) is 0 Å². The van der Waals surface area contributed by atoms with Crippen LogP contribution in [-0.4, -0.2) is 18.5 Å². The molecule has 0 rings (SSSR count). The molecule has 72 valence electrons. The van der Waals surface area contributed by atoms with Crippen LogP contribution in [-0.2, 0) is 4.74 Å². The van der Waals surface area contributed by atoms with Crippen LogP contribution in [0.4, 0.5) is 26.3 Å². The largest absolute Gasteiger partial charge is 0.439 e. The van der Waals surface area contributed by atoms with Gasteiger partial charge in [0.1, 0.15) is 0 Å². The Morgan fingerprint density at radius 3 is 1.83 bits per heavy atom. The molecule has 0 heterocycles. The molecular weight excluding hydrogens is 190 g/mol. The number of halogens is 6. The molecule has 0 saturated carbocycles. The van der Waals surface area contributed by atoms with E-state index in [9.17, 15) is 26.3 Å². The molecule has 7 heteroatoms. The smallest absolute Gasteiger partial charge is 0.438 e. The molecule has 1 atom stereocenters. The van der Waals surface area contributed by atoms with Crippen molar-refractivity contribution in [3.05, 3.63) is 12.8 Å². The predicted octanol–water partition coefficient (Wildman–Crippen LogP) is 2.64. The van der Waals surface area contributed by atoms with Crippen molar-refractivity contribution in [2.75, 3.05) is 0 Å². The summed E-state index contributed by atoms with van der Waals surface area (Å²) in [7, 11) is 0. The summed E-state index contributed by atoms with van der Waals surface area (Å²) in [6.45, 7) is 2.57. The number of alkyl halides is 6. The van der Waals surface area contributed by atoms with Gasteiger partial charge in [-0.1, -0.05) is 6.58 Å². The molecule has 0 N–H and O–H groups in total. The second-order valence-electron chi connectivity index (χ2n) is 1.75. The predicted molar refractivity (Wildman–Crippen MR) is 27.2 cm³/mol. The third-order valence-corrected chi connectivity index (χ3v) is 0.823. The van der Waals surface area contributed by atoms with Gasteiger partial charge in [-0.05, 0) is 0 Å². The highest BCUT2D eigenvalue weighted by Gasteiger charge is 2.58. The lowest BCUT2D eigenvalue weighted by atomic mass is 10.3. The Labute approximate surface area is 63.6 Å². The van der Waals surface area contributed by atoms with Crippen molar-refractivity contribution in [1.29, 1.82) is 0 Å². The first-order valence-electron chi connectivity index (χ1n) is 2.59. The molecule has 0 bridgehead atoms. The van der Waals surface area contributed by atoms with Gasteiger partial charge in [0.2, 0.25) is 0 Å². The van der Waals surface area contributed by atoms with E-state index in [1.54, 1.807) is 0 Å². The molecule has 0 aromatic heterocycles. The Kier molecular flexibility index (Phi) is 3.00. The summed E-state index contributed by atoms with van der Waals surface area (Å²) in [5, 5.41) is 0. The van der Waals surface area contributed by atoms with Crippen molar-refractivity contribution < 1.29 is 31.1 Å².